The summed E-state index contributed by atoms with van der Waals surface area (Å²) >= 11 is 0. The van der Waals surface area contributed by atoms with E-state index in [1.807, 2.05) is 0 Å². The molecular weight excluding hydrogens is 354 g/mol. The molecule has 1 aliphatic carbocycles. The lowest BCUT2D eigenvalue weighted by Crippen LogP contribution is -2.51. The third-order valence-corrected chi connectivity index (χ3v) is 4.40. The highest BCUT2D eigenvalue weighted by atomic mass is 19.3. The fourth-order valence-electron chi connectivity index (χ4n) is 2.73. The van der Waals surface area contributed by atoms with Crippen LogP contribution in [0.3, 0.4) is 0 Å². The van der Waals surface area contributed by atoms with Gasteiger partial charge in [-0.2, -0.15) is 8.78 Å². The maximum atomic E-state index is 14.2. The minimum Gasteiger partial charge on any atom is -0.477 e. The van der Waals surface area contributed by atoms with Crippen LogP contribution in [0.2, 0.25) is 0 Å². The van der Waals surface area contributed by atoms with Crippen LogP contribution in [-0.2, 0) is 23.9 Å². The molecule has 2 rings (SSSR count). The number of benzene rings is 1. The van der Waals surface area contributed by atoms with E-state index in [1.54, 1.807) is 6.07 Å². The minimum atomic E-state index is -4.58. The zero-order valence-corrected chi connectivity index (χ0v) is 13.9. The number of alkyl halides is 2. The topological polar surface area (TPSA) is 107 Å². The molecule has 1 fully saturated rings. The SMILES string of the molecule is COC1(C)C(=O)C[C@@H]([C@@H](OC(=O)c2ccccc2)C(F)(F)C(=O)O)C1=O. The van der Waals surface area contributed by atoms with Crippen LogP contribution < -0.4 is 0 Å². The predicted molar refractivity (Wildman–Crippen MR) is 81.8 cm³/mol. The molecule has 1 aromatic carbocycles. The first-order chi connectivity index (χ1) is 12.1. The summed E-state index contributed by atoms with van der Waals surface area (Å²) in [5.41, 5.74) is -2.10. The molecule has 0 bridgehead atoms. The van der Waals surface area contributed by atoms with Gasteiger partial charge in [0.1, 0.15) is 0 Å². The lowest BCUT2D eigenvalue weighted by molar-refractivity contribution is -0.189. The number of hydrogen-bond donors (Lipinski definition) is 1. The molecule has 0 amide bonds. The number of aliphatic carboxylic acids is 1. The van der Waals surface area contributed by atoms with Crippen molar-refractivity contribution in [1.82, 2.24) is 0 Å². The number of halogens is 2. The van der Waals surface area contributed by atoms with Crippen molar-refractivity contribution in [1.29, 1.82) is 0 Å². The Labute approximate surface area is 146 Å². The van der Waals surface area contributed by atoms with E-state index in [0.29, 0.717) is 0 Å². The quantitative estimate of drug-likeness (QED) is 0.597. The molecule has 26 heavy (non-hydrogen) atoms. The predicted octanol–water partition coefficient (Wildman–Crippen LogP) is 1.50. The molecular formula is C17H16F2O7. The van der Waals surface area contributed by atoms with E-state index in [-0.39, 0.29) is 5.56 Å². The molecule has 0 heterocycles. The Morgan fingerprint density at radius 3 is 2.31 bits per heavy atom. The van der Waals surface area contributed by atoms with Crippen molar-refractivity contribution in [3.63, 3.8) is 0 Å². The molecule has 1 N–H and O–H groups in total. The zero-order chi connectivity index (χ0) is 19.7. The lowest BCUT2D eigenvalue weighted by atomic mass is 9.91. The van der Waals surface area contributed by atoms with Gasteiger partial charge in [0.25, 0.3) is 0 Å². The molecule has 1 saturated carbocycles. The third-order valence-electron chi connectivity index (χ3n) is 4.40. The summed E-state index contributed by atoms with van der Waals surface area (Å²) in [5.74, 6) is -12.1. The van der Waals surface area contributed by atoms with Crippen LogP contribution in [0.4, 0.5) is 8.78 Å². The number of carbonyl (C=O) groups excluding carboxylic acids is 3. The van der Waals surface area contributed by atoms with Gasteiger partial charge in [0.2, 0.25) is 0 Å². The third kappa shape index (κ3) is 3.22. The van der Waals surface area contributed by atoms with Gasteiger partial charge in [0.05, 0.1) is 11.5 Å². The highest BCUT2D eigenvalue weighted by Gasteiger charge is 2.63. The first-order valence-corrected chi connectivity index (χ1v) is 7.55. The molecule has 1 aliphatic rings. The fourth-order valence-corrected chi connectivity index (χ4v) is 2.73. The molecule has 7 nitrogen and oxygen atoms in total. The molecule has 9 heteroatoms. The summed E-state index contributed by atoms with van der Waals surface area (Å²) < 4.78 is 38.0. The van der Waals surface area contributed by atoms with E-state index in [1.165, 1.54) is 24.3 Å². The number of carboxylic acid groups (broad SMARTS) is 1. The van der Waals surface area contributed by atoms with E-state index in [0.717, 1.165) is 14.0 Å². The van der Waals surface area contributed by atoms with E-state index >= 15 is 0 Å². The Hall–Kier alpha value is -2.68. The van der Waals surface area contributed by atoms with Crippen molar-refractivity contribution in [2.24, 2.45) is 5.92 Å². The maximum Gasteiger partial charge on any atom is 0.379 e. The number of esters is 1. The van der Waals surface area contributed by atoms with Crippen molar-refractivity contribution >= 4 is 23.5 Å². The number of hydrogen-bond acceptors (Lipinski definition) is 6. The highest BCUT2D eigenvalue weighted by Crippen LogP contribution is 2.39. The second kappa shape index (κ2) is 6.91. The Morgan fingerprint density at radius 2 is 1.85 bits per heavy atom. The zero-order valence-electron chi connectivity index (χ0n) is 13.9. The van der Waals surface area contributed by atoms with Gasteiger partial charge < -0.3 is 14.6 Å². The van der Waals surface area contributed by atoms with Crippen molar-refractivity contribution in [3.05, 3.63) is 35.9 Å². The van der Waals surface area contributed by atoms with Crippen molar-refractivity contribution in [2.75, 3.05) is 7.11 Å². The number of ether oxygens (including phenoxy) is 2. The highest BCUT2D eigenvalue weighted by molar-refractivity contribution is 6.17. The van der Waals surface area contributed by atoms with Gasteiger partial charge in [-0.3, -0.25) is 9.59 Å². The van der Waals surface area contributed by atoms with Crippen LogP contribution in [0.1, 0.15) is 23.7 Å². The van der Waals surface area contributed by atoms with Gasteiger partial charge in [-0.25, -0.2) is 9.59 Å². The fraction of sp³-hybridized carbons (Fsp3) is 0.412. The molecule has 3 atom stereocenters. The van der Waals surface area contributed by atoms with Gasteiger partial charge in [-0.1, -0.05) is 18.2 Å². The van der Waals surface area contributed by atoms with Crippen molar-refractivity contribution in [3.8, 4) is 0 Å². The lowest BCUT2D eigenvalue weighted by Gasteiger charge is -2.28. The molecule has 0 aliphatic heterocycles. The first-order valence-electron chi connectivity index (χ1n) is 7.55. The molecule has 1 unspecified atom stereocenters. The van der Waals surface area contributed by atoms with E-state index in [9.17, 15) is 28.0 Å². The first kappa shape index (κ1) is 19.6. The van der Waals surface area contributed by atoms with Gasteiger partial charge in [0.15, 0.2) is 23.3 Å². The number of Topliss-reactive ketones (excluding diaryl/α,β-unsaturated/α-hetero) is 2. The van der Waals surface area contributed by atoms with Gasteiger partial charge in [0, 0.05) is 13.5 Å². The van der Waals surface area contributed by atoms with Crippen LogP contribution in [0, 0.1) is 5.92 Å². The number of carboxylic acids is 1. The molecule has 0 spiro atoms. The molecule has 1 aromatic rings. The Bertz CT molecular complexity index is 747. The average molecular weight is 370 g/mol. The maximum absolute atomic E-state index is 14.2. The molecule has 140 valence electrons. The Morgan fingerprint density at radius 1 is 1.27 bits per heavy atom. The number of methoxy groups -OCH3 is 1. The van der Waals surface area contributed by atoms with Crippen LogP contribution in [0.5, 0.6) is 0 Å². The second-order valence-corrected chi connectivity index (χ2v) is 5.96. The number of carbonyl (C=O) groups is 4. The second-order valence-electron chi connectivity index (χ2n) is 5.96. The van der Waals surface area contributed by atoms with Crippen LogP contribution in [0.25, 0.3) is 0 Å². The van der Waals surface area contributed by atoms with E-state index < -0.39 is 53.5 Å². The normalized spacial score (nSPS) is 24.4. The number of ketones is 2. The summed E-state index contributed by atoms with van der Waals surface area (Å²) in [4.78, 5) is 47.6. The molecule has 0 aromatic heterocycles. The Kier molecular flexibility index (Phi) is 5.22. The van der Waals surface area contributed by atoms with E-state index in [4.69, 9.17) is 14.6 Å². The minimum absolute atomic E-state index is 0.107. The van der Waals surface area contributed by atoms with Crippen LogP contribution in [0.15, 0.2) is 30.3 Å². The van der Waals surface area contributed by atoms with Crippen molar-refractivity contribution in [2.45, 2.75) is 31.0 Å². The van der Waals surface area contributed by atoms with Gasteiger partial charge in [-0.15, -0.1) is 0 Å². The largest absolute Gasteiger partial charge is 0.477 e. The van der Waals surface area contributed by atoms with Crippen LogP contribution >= 0.6 is 0 Å². The molecule has 0 radical (unpaired) electrons. The van der Waals surface area contributed by atoms with Crippen molar-refractivity contribution < 1.29 is 42.5 Å². The summed E-state index contributed by atoms with van der Waals surface area (Å²) in [5, 5.41) is 8.83. The Balaban J connectivity index is 2.40. The van der Waals surface area contributed by atoms with Crippen LogP contribution in [-0.4, -0.2) is 53.3 Å². The number of rotatable bonds is 6. The summed E-state index contributed by atoms with van der Waals surface area (Å²) in [6.07, 6.45) is -3.38. The monoisotopic (exact) mass is 370 g/mol. The summed E-state index contributed by atoms with van der Waals surface area (Å²) in [6.45, 7) is 1.10. The van der Waals surface area contributed by atoms with Gasteiger partial charge in [-0.05, 0) is 19.1 Å². The standard InChI is InChI=1S/C17H16F2O7/c1-16(25-2)11(20)8-10(12(16)21)13(17(18,19)15(23)24)26-14(22)9-6-4-3-5-7-9/h3-7,10,13H,8H2,1-2H3,(H,23,24)/t10-,13-,16?/m1/s1. The molecule has 0 saturated heterocycles. The smallest absolute Gasteiger partial charge is 0.379 e. The summed E-state index contributed by atoms with van der Waals surface area (Å²) in [6, 6.07) is 7.03. The van der Waals surface area contributed by atoms with E-state index in [2.05, 4.69) is 0 Å². The summed E-state index contributed by atoms with van der Waals surface area (Å²) in [7, 11) is 1.05. The average Bonchev–Trinajstić information content (AvgIpc) is 2.84. The van der Waals surface area contributed by atoms with Gasteiger partial charge >= 0.3 is 17.9 Å².